The van der Waals surface area contributed by atoms with Crippen molar-refractivity contribution in [2.24, 2.45) is 0 Å². The molecule has 0 unspecified atom stereocenters. The number of rotatable bonds is 4. The highest BCUT2D eigenvalue weighted by molar-refractivity contribution is 6.28. The molecule has 5 nitrogen and oxygen atoms in total. The van der Waals surface area contributed by atoms with E-state index in [1.165, 1.54) is 5.56 Å². The monoisotopic (exact) mass is 306 g/mol. The van der Waals surface area contributed by atoms with Gasteiger partial charge in [-0.2, -0.15) is 15.0 Å². The largest absolute Gasteiger partial charge is 0.464 e. The Balaban J connectivity index is 2.18. The third kappa shape index (κ3) is 4.29. The Morgan fingerprint density at radius 3 is 2.33 bits per heavy atom. The Hall–Kier alpha value is -1.88. The SMILES string of the molecule is CCOc1nc(Cl)nc(Nc2ccc(C(C)(C)C)cc2)n1. The van der Waals surface area contributed by atoms with E-state index in [1.54, 1.807) is 0 Å². The van der Waals surface area contributed by atoms with E-state index in [1.807, 2.05) is 19.1 Å². The standard InChI is InChI=1S/C15H19ClN4O/c1-5-21-14-19-12(16)18-13(20-14)17-11-8-6-10(7-9-11)15(2,3)4/h6-9H,5H2,1-4H3,(H,17,18,19,20). The number of halogens is 1. The van der Waals surface area contributed by atoms with E-state index in [0.717, 1.165) is 5.69 Å². The summed E-state index contributed by atoms with van der Waals surface area (Å²) in [5.41, 5.74) is 2.27. The molecule has 1 N–H and O–H groups in total. The van der Waals surface area contributed by atoms with Crippen LogP contribution in [0.15, 0.2) is 24.3 Å². The highest BCUT2D eigenvalue weighted by Crippen LogP contribution is 2.24. The minimum absolute atomic E-state index is 0.0993. The maximum absolute atomic E-state index is 5.85. The van der Waals surface area contributed by atoms with Crippen LogP contribution in [-0.2, 0) is 5.41 Å². The van der Waals surface area contributed by atoms with Gasteiger partial charge in [-0.3, -0.25) is 0 Å². The van der Waals surface area contributed by atoms with Crippen LogP contribution in [0.4, 0.5) is 11.6 Å². The zero-order valence-electron chi connectivity index (χ0n) is 12.6. The molecule has 0 saturated heterocycles. The molecule has 1 aromatic heterocycles. The van der Waals surface area contributed by atoms with Gasteiger partial charge >= 0.3 is 6.01 Å². The molecule has 0 aliphatic carbocycles. The first-order valence-corrected chi connectivity index (χ1v) is 7.18. The van der Waals surface area contributed by atoms with Crippen molar-refractivity contribution in [3.05, 3.63) is 35.1 Å². The number of aromatic nitrogens is 3. The van der Waals surface area contributed by atoms with Gasteiger partial charge in [0.05, 0.1) is 6.61 Å². The second-order valence-corrected chi connectivity index (χ2v) is 5.93. The average molecular weight is 307 g/mol. The fraction of sp³-hybridized carbons (Fsp3) is 0.400. The highest BCUT2D eigenvalue weighted by Gasteiger charge is 2.13. The van der Waals surface area contributed by atoms with Crippen molar-refractivity contribution < 1.29 is 4.74 Å². The van der Waals surface area contributed by atoms with Crippen molar-refractivity contribution in [2.45, 2.75) is 33.1 Å². The van der Waals surface area contributed by atoms with Gasteiger partial charge in [0, 0.05) is 5.69 Å². The van der Waals surface area contributed by atoms with Crippen LogP contribution in [0.1, 0.15) is 33.3 Å². The van der Waals surface area contributed by atoms with Gasteiger partial charge in [-0.05, 0) is 41.6 Å². The van der Waals surface area contributed by atoms with E-state index < -0.39 is 0 Å². The molecule has 1 aromatic carbocycles. The third-order valence-corrected chi connectivity index (χ3v) is 3.04. The molecule has 112 valence electrons. The normalized spacial score (nSPS) is 11.3. The fourth-order valence-electron chi connectivity index (χ4n) is 1.76. The zero-order chi connectivity index (χ0) is 15.5. The van der Waals surface area contributed by atoms with E-state index in [-0.39, 0.29) is 16.7 Å². The molecule has 0 radical (unpaired) electrons. The average Bonchev–Trinajstić information content (AvgIpc) is 2.38. The molecule has 2 aromatic rings. The predicted octanol–water partition coefficient (Wildman–Crippen LogP) is 3.96. The van der Waals surface area contributed by atoms with Crippen LogP contribution in [0.5, 0.6) is 6.01 Å². The zero-order valence-corrected chi connectivity index (χ0v) is 13.4. The van der Waals surface area contributed by atoms with Gasteiger partial charge in [0.1, 0.15) is 0 Å². The number of anilines is 2. The van der Waals surface area contributed by atoms with Crippen molar-refractivity contribution in [3.8, 4) is 6.01 Å². The van der Waals surface area contributed by atoms with Gasteiger partial charge in [-0.25, -0.2) is 0 Å². The van der Waals surface area contributed by atoms with Crippen LogP contribution in [0.3, 0.4) is 0 Å². The van der Waals surface area contributed by atoms with Crippen LogP contribution in [0.25, 0.3) is 0 Å². The van der Waals surface area contributed by atoms with Crippen LogP contribution in [-0.4, -0.2) is 21.6 Å². The van der Waals surface area contributed by atoms with Crippen LogP contribution >= 0.6 is 11.6 Å². The molecule has 0 fully saturated rings. The molecule has 0 aliphatic heterocycles. The summed E-state index contributed by atoms with van der Waals surface area (Å²) in [6, 6.07) is 8.34. The van der Waals surface area contributed by atoms with E-state index >= 15 is 0 Å². The van der Waals surface area contributed by atoms with E-state index in [0.29, 0.717) is 12.6 Å². The molecule has 0 aliphatic rings. The first-order chi connectivity index (χ1) is 9.88. The summed E-state index contributed by atoms with van der Waals surface area (Å²) in [6.07, 6.45) is 0. The summed E-state index contributed by atoms with van der Waals surface area (Å²) in [6.45, 7) is 8.86. The van der Waals surface area contributed by atoms with Crippen molar-refractivity contribution in [1.82, 2.24) is 15.0 Å². The fourth-order valence-corrected chi connectivity index (χ4v) is 1.92. The lowest BCUT2D eigenvalue weighted by molar-refractivity contribution is 0.312. The minimum Gasteiger partial charge on any atom is -0.464 e. The molecule has 21 heavy (non-hydrogen) atoms. The van der Waals surface area contributed by atoms with Gasteiger partial charge in [0.15, 0.2) is 0 Å². The first-order valence-electron chi connectivity index (χ1n) is 6.80. The Labute approximate surface area is 129 Å². The molecule has 2 rings (SSSR count). The van der Waals surface area contributed by atoms with Crippen molar-refractivity contribution in [1.29, 1.82) is 0 Å². The number of hydrogen-bond acceptors (Lipinski definition) is 5. The van der Waals surface area contributed by atoms with Crippen LogP contribution in [0, 0.1) is 0 Å². The Morgan fingerprint density at radius 1 is 1.10 bits per heavy atom. The summed E-state index contributed by atoms with van der Waals surface area (Å²) in [7, 11) is 0. The van der Waals surface area contributed by atoms with Gasteiger partial charge in [-0.1, -0.05) is 32.9 Å². The van der Waals surface area contributed by atoms with Crippen molar-refractivity contribution in [2.75, 3.05) is 11.9 Å². The molecular weight excluding hydrogens is 288 g/mol. The molecule has 0 saturated carbocycles. The number of nitrogens with one attached hydrogen (secondary N) is 1. The summed E-state index contributed by atoms with van der Waals surface area (Å²) in [5, 5.41) is 3.19. The lowest BCUT2D eigenvalue weighted by atomic mass is 9.87. The Kier molecular flexibility index (Phi) is 4.63. The van der Waals surface area contributed by atoms with Crippen LogP contribution < -0.4 is 10.1 Å². The Bertz CT molecular complexity index is 608. The molecular formula is C15H19ClN4O. The second-order valence-electron chi connectivity index (χ2n) is 5.60. The van der Waals surface area contributed by atoms with Crippen molar-refractivity contribution in [3.63, 3.8) is 0 Å². The van der Waals surface area contributed by atoms with Gasteiger partial charge in [0.2, 0.25) is 11.2 Å². The van der Waals surface area contributed by atoms with Gasteiger partial charge < -0.3 is 10.1 Å². The predicted molar refractivity (Wildman–Crippen MR) is 84.4 cm³/mol. The van der Waals surface area contributed by atoms with E-state index in [4.69, 9.17) is 16.3 Å². The number of hydrogen-bond donors (Lipinski definition) is 1. The summed E-state index contributed by atoms with van der Waals surface area (Å²) >= 11 is 5.85. The molecule has 6 heteroatoms. The lowest BCUT2D eigenvalue weighted by Gasteiger charge is -2.19. The molecule has 0 atom stereocenters. The van der Waals surface area contributed by atoms with Crippen LogP contribution in [0.2, 0.25) is 5.28 Å². The molecule has 0 bridgehead atoms. The minimum atomic E-state index is 0.0993. The second kappa shape index (κ2) is 6.26. The summed E-state index contributed by atoms with van der Waals surface area (Å²) in [5.74, 6) is 0.363. The maximum atomic E-state index is 5.85. The van der Waals surface area contributed by atoms with E-state index in [2.05, 4.69) is 53.2 Å². The Morgan fingerprint density at radius 2 is 1.76 bits per heavy atom. The topological polar surface area (TPSA) is 59.9 Å². The number of ether oxygens (including phenoxy) is 1. The third-order valence-electron chi connectivity index (χ3n) is 2.87. The van der Waals surface area contributed by atoms with E-state index in [9.17, 15) is 0 Å². The smallest absolute Gasteiger partial charge is 0.322 e. The highest BCUT2D eigenvalue weighted by atomic mass is 35.5. The van der Waals surface area contributed by atoms with Gasteiger partial charge in [0.25, 0.3) is 0 Å². The maximum Gasteiger partial charge on any atom is 0.322 e. The summed E-state index contributed by atoms with van der Waals surface area (Å²) < 4.78 is 5.24. The molecule has 0 spiro atoms. The molecule has 0 amide bonds. The lowest BCUT2D eigenvalue weighted by Crippen LogP contribution is -2.10. The van der Waals surface area contributed by atoms with Gasteiger partial charge in [-0.15, -0.1) is 0 Å². The number of benzene rings is 1. The molecule has 1 heterocycles. The quantitative estimate of drug-likeness (QED) is 0.926. The van der Waals surface area contributed by atoms with Crippen molar-refractivity contribution >= 4 is 23.2 Å². The first kappa shape index (κ1) is 15.5. The summed E-state index contributed by atoms with van der Waals surface area (Å²) in [4.78, 5) is 12.1. The number of nitrogens with zero attached hydrogens (tertiary/aromatic N) is 3.